The van der Waals surface area contributed by atoms with E-state index in [1.807, 2.05) is 0 Å². The van der Waals surface area contributed by atoms with E-state index in [0.717, 1.165) is 28.0 Å². The van der Waals surface area contributed by atoms with Crippen molar-refractivity contribution in [2.45, 2.75) is 16.6 Å². The highest BCUT2D eigenvalue weighted by molar-refractivity contribution is 8.01. The van der Waals surface area contributed by atoms with Crippen molar-refractivity contribution in [2.75, 3.05) is 30.1 Å². The lowest BCUT2D eigenvalue weighted by atomic mass is 10.0. The summed E-state index contributed by atoms with van der Waals surface area (Å²) in [6, 6.07) is -0.994. The van der Waals surface area contributed by atoms with E-state index < -0.39 is 35.2 Å². The maximum atomic E-state index is 13.0. The third-order valence-corrected chi connectivity index (χ3v) is 8.50. The Labute approximate surface area is 220 Å². The molecule has 15 nitrogen and oxygen atoms in total. The monoisotopic (exact) mass is 568 g/mol. The number of nitrogen functional groups attached to an aromatic ring is 2. The van der Waals surface area contributed by atoms with Crippen molar-refractivity contribution < 1.29 is 34.2 Å². The Morgan fingerprint density at radius 1 is 1.30 bits per heavy atom. The first-order valence-electron chi connectivity index (χ1n) is 10.3. The fourth-order valence-corrected chi connectivity index (χ4v) is 6.64. The number of nitrogens with one attached hydrogen (secondary N) is 1. The van der Waals surface area contributed by atoms with Gasteiger partial charge in [0, 0.05) is 23.9 Å². The Morgan fingerprint density at radius 2 is 2.03 bits per heavy atom. The van der Waals surface area contributed by atoms with Gasteiger partial charge in [0.25, 0.3) is 11.8 Å². The molecule has 0 aliphatic carbocycles. The predicted octanol–water partition coefficient (Wildman–Crippen LogP) is -0.379. The summed E-state index contributed by atoms with van der Waals surface area (Å²) in [4.78, 5) is 63.0. The number of imidazole rings is 1. The van der Waals surface area contributed by atoms with E-state index in [4.69, 9.17) is 16.3 Å². The van der Waals surface area contributed by atoms with Crippen LogP contribution < -0.4 is 16.8 Å². The summed E-state index contributed by atoms with van der Waals surface area (Å²) in [7, 11) is 2.80. The number of carboxylic acid groups (broad SMARTS) is 2. The number of β-lactam (4-membered cyclic amide) rings is 1. The molecule has 0 spiro atoms. The van der Waals surface area contributed by atoms with Crippen LogP contribution in [-0.4, -0.2) is 89.1 Å². The largest absolute Gasteiger partial charge is 0.477 e. The molecule has 0 unspecified atom stereocenters. The molecule has 0 saturated carbocycles. The van der Waals surface area contributed by atoms with Crippen molar-refractivity contribution >= 4 is 75.3 Å². The molecule has 4 rings (SSSR count). The first-order valence-corrected chi connectivity index (χ1v) is 13.2. The maximum absolute atomic E-state index is 13.0. The van der Waals surface area contributed by atoms with Gasteiger partial charge in [0.1, 0.15) is 35.7 Å². The number of nitrogens with two attached hydrogens (primary N) is 2. The summed E-state index contributed by atoms with van der Waals surface area (Å²) < 4.78 is 1.39. The minimum atomic E-state index is -1.30. The van der Waals surface area contributed by atoms with Crippen LogP contribution >= 0.6 is 34.9 Å². The van der Waals surface area contributed by atoms with Crippen molar-refractivity contribution in [1.29, 1.82) is 0 Å². The van der Waals surface area contributed by atoms with Crippen LogP contribution in [0.1, 0.15) is 16.2 Å². The average molecular weight is 569 g/mol. The number of fused-ring (bicyclic) bond motifs is 1. The molecule has 2 aliphatic heterocycles. The third-order valence-electron chi connectivity index (χ3n) is 5.38. The molecule has 196 valence electrons. The van der Waals surface area contributed by atoms with E-state index in [0.29, 0.717) is 5.57 Å². The number of carboxylic acids is 2. The van der Waals surface area contributed by atoms with Gasteiger partial charge in [-0.3, -0.25) is 14.5 Å². The van der Waals surface area contributed by atoms with Crippen LogP contribution in [0.3, 0.4) is 0 Å². The number of thioether (sulfide) groups is 2. The molecule has 0 radical (unpaired) electrons. The summed E-state index contributed by atoms with van der Waals surface area (Å²) in [6.45, 7) is 0. The van der Waals surface area contributed by atoms with E-state index in [1.54, 1.807) is 7.05 Å². The molecule has 0 aromatic carbocycles. The molecule has 1 saturated heterocycles. The van der Waals surface area contributed by atoms with Crippen LogP contribution in [0.15, 0.2) is 27.0 Å². The number of hydrogen-bond donors (Lipinski definition) is 5. The van der Waals surface area contributed by atoms with Crippen LogP contribution in [-0.2, 0) is 26.3 Å². The number of amides is 2. The number of rotatable bonds is 9. The van der Waals surface area contributed by atoms with Crippen molar-refractivity contribution in [3.8, 4) is 0 Å². The molecule has 7 N–H and O–H groups in total. The number of aliphatic carboxylic acids is 1. The molecule has 4 heterocycles. The van der Waals surface area contributed by atoms with E-state index in [-0.39, 0.29) is 50.4 Å². The molecule has 2 aromatic heterocycles. The summed E-state index contributed by atoms with van der Waals surface area (Å²) in [5, 5.41) is 26.7. The Morgan fingerprint density at radius 3 is 2.59 bits per heavy atom. The smallest absolute Gasteiger partial charge is 0.358 e. The van der Waals surface area contributed by atoms with E-state index in [2.05, 4.69) is 20.4 Å². The number of oxime groups is 1. The zero-order valence-electron chi connectivity index (χ0n) is 19.2. The van der Waals surface area contributed by atoms with Crippen molar-refractivity contribution in [2.24, 2.45) is 12.2 Å². The Hall–Kier alpha value is -3.77. The van der Waals surface area contributed by atoms with Gasteiger partial charge in [-0.05, 0) is 5.57 Å². The normalized spacial score (nSPS) is 19.4. The van der Waals surface area contributed by atoms with Crippen LogP contribution in [0.4, 0.5) is 10.9 Å². The van der Waals surface area contributed by atoms with E-state index in [1.165, 1.54) is 28.8 Å². The van der Waals surface area contributed by atoms with Gasteiger partial charge in [-0.15, -0.1) is 23.1 Å². The second-order valence-corrected chi connectivity index (χ2v) is 10.5. The first kappa shape index (κ1) is 26.3. The number of aromatic carboxylic acids is 1. The topological polar surface area (TPSA) is 228 Å². The summed E-state index contributed by atoms with van der Waals surface area (Å²) in [5.41, 5.74) is 11.3. The SMILES string of the molecule is CO/N=C(\C(=O)N[C@@H]1C(=O)N2C(C(=O)O)=C(CSc3nc(C(=O)O)c(N)n3C)CS[C@@H]12)c1csc(N)n1. The lowest BCUT2D eigenvalue weighted by Gasteiger charge is -2.49. The fourth-order valence-electron chi connectivity index (χ4n) is 3.62. The maximum Gasteiger partial charge on any atom is 0.358 e. The highest BCUT2D eigenvalue weighted by atomic mass is 32.2. The van der Waals surface area contributed by atoms with Gasteiger partial charge in [0.2, 0.25) is 0 Å². The number of thiazole rings is 1. The lowest BCUT2D eigenvalue weighted by molar-refractivity contribution is -0.150. The molecule has 0 bridgehead atoms. The highest BCUT2D eigenvalue weighted by Gasteiger charge is 2.54. The number of aromatic nitrogens is 3. The van der Waals surface area contributed by atoms with Gasteiger partial charge in [-0.2, -0.15) is 0 Å². The highest BCUT2D eigenvalue weighted by Crippen LogP contribution is 2.41. The number of anilines is 2. The second-order valence-electron chi connectivity index (χ2n) is 7.59. The zero-order valence-corrected chi connectivity index (χ0v) is 21.6. The quantitative estimate of drug-likeness (QED) is 0.113. The van der Waals surface area contributed by atoms with Gasteiger partial charge in [-0.25, -0.2) is 19.6 Å². The Bertz CT molecular complexity index is 1370. The first-order chi connectivity index (χ1) is 17.5. The summed E-state index contributed by atoms with van der Waals surface area (Å²) in [5.74, 6) is -3.57. The molecule has 2 aromatic rings. The number of carbonyl (C=O) groups excluding carboxylic acids is 2. The van der Waals surface area contributed by atoms with E-state index in [9.17, 15) is 29.4 Å². The Balaban J connectivity index is 1.50. The van der Waals surface area contributed by atoms with Crippen LogP contribution in [0.25, 0.3) is 0 Å². The number of nitrogens with zero attached hydrogens (tertiary/aromatic N) is 5. The number of hydrogen-bond acceptors (Lipinski definition) is 13. The minimum Gasteiger partial charge on any atom is -0.477 e. The van der Waals surface area contributed by atoms with Gasteiger partial charge < -0.3 is 36.4 Å². The molecule has 18 heteroatoms. The van der Waals surface area contributed by atoms with Gasteiger partial charge in [0.05, 0.1) is 0 Å². The summed E-state index contributed by atoms with van der Waals surface area (Å²) in [6.07, 6.45) is 0. The van der Waals surface area contributed by atoms with Crippen molar-refractivity contribution in [3.63, 3.8) is 0 Å². The molecule has 2 aliphatic rings. The Kier molecular flexibility index (Phi) is 7.32. The zero-order chi connectivity index (χ0) is 27.0. The molecule has 2 atom stereocenters. The van der Waals surface area contributed by atoms with Crippen molar-refractivity contribution in [1.82, 2.24) is 24.8 Å². The second kappa shape index (κ2) is 10.3. The molecular weight excluding hydrogens is 548 g/mol. The lowest BCUT2D eigenvalue weighted by Crippen LogP contribution is -2.71. The van der Waals surface area contributed by atoms with Gasteiger partial charge in [-0.1, -0.05) is 16.9 Å². The number of carbonyl (C=O) groups is 4. The molecule has 2 amide bonds. The molecule has 1 fully saturated rings. The fraction of sp³-hybridized carbons (Fsp3) is 0.316. The van der Waals surface area contributed by atoms with Crippen LogP contribution in [0.2, 0.25) is 0 Å². The van der Waals surface area contributed by atoms with Crippen LogP contribution in [0, 0.1) is 0 Å². The molecular formula is C19H20N8O7S3. The molecule has 37 heavy (non-hydrogen) atoms. The predicted molar refractivity (Wildman–Crippen MR) is 135 cm³/mol. The standard InChI is InChI=1S/C19H20N8O7S3/c1-26-12(20)9(16(30)31)24-19(26)37-4-6-3-35-15-10(14(29)27(15)11(6)17(32)33)23-13(28)8(25-34-2)7-5-36-18(21)22-7/h5,10,15H,3-4,20H2,1-2H3,(H2,21,22)(H,23,28)(H,30,31)(H,32,33)/b25-8-/t10-,15+/m1/s1. The van der Waals surface area contributed by atoms with Crippen LogP contribution in [0.5, 0.6) is 0 Å². The summed E-state index contributed by atoms with van der Waals surface area (Å²) >= 11 is 3.48. The van der Waals surface area contributed by atoms with Gasteiger partial charge >= 0.3 is 11.9 Å². The van der Waals surface area contributed by atoms with E-state index >= 15 is 0 Å². The third kappa shape index (κ3) is 4.81. The van der Waals surface area contributed by atoms with Gasteiger partial charge in [0.15, 0.2) is 21.7 Å². The van der Waals surface area contributed by atoms with Crippen molar-refractivity contribution in [3.05, 3.63) is 28.0 Å². The minimum absolute atomic E-state index is 0.0336. The average Bonchev–Trinajstić information content (AvgIpc) is 3.41.